The summed E-state index contributed by atoms with van der Waals surface area (Å²) < 4.78 is 5.15. The fourth-order valence-corrected chi connectivity index (χ4v) is 2.60. The second-order valence-electron chi connectivity index (χ2n) is 5.28. The van der Waals surface area contributed by atoms with Crippen LogP contribution in [0, 0.1) is 0 Å². The normalized spacial score (nSPS) is 10.5. The molecular weight excluding hydrogens is 308 g/mol. The van der Waals surface area contributed by atoms with Crippen molar-refractivity contribution in [3.05, 3.63) is 42.0 Å². The van der Waals surface area contributed by atoms with Crippen molar-refractivity contribution in [2.24, 2.45) is 0 Å². The van der Waals surface area contributed by atoms with Gasteiger partial charge in [-0.1, -0.05) is 0 Å². The molecule has 6 heteroatoms. The van der Waals surface area contributed by atoms with Gasteiger partial charge in [0.1, 0.15) is 5.75 Å². The van der Waals surface area contributed by atoms with Crippen LogP contribution in [0.4, 0.5) is 11.4 Å². The first-order valence-electron chi connectivity index (χ1n) is 7.64. The van der Waals surface area contributed by atoms with Crippen LogP contribution in [0.15, 0.2) is 36.4 Å². The first-order valence-corrected chi connectivity index (χ1v) is 7.64. The highest BCUT2D eigenvalue weighted by atomic mass is 16.5. The maximum Gasteiger partial charge on any atom is 0.150 e. The number of methoxy groups -OCH3 is 1. The number of aliphatic hydroxyl groups is 2. The van der Waals surface area contributed by atoms with Crippen molar-refractivity contribution >= 4 is 17.7 Å². The summed E-state index contributed by atoms with van der Waals surface area (Å²) in [6.45, 7) is 0.740. The summed E-state index contributed by atoms with van der Waals surface area (Å²) in [5.74, 6) is 0.595. The van der Waals surface area contributed by atoms with E-state index in [1.807, 2.05) is 17.0 Å². The average molecular weight is 330 g/mol. The number of carbonyl (C=O) groups is 1. The lowest BCUT2D eigenvalue weighted by atomic mass is 9.97. The molecule has 24 heavy (non-hydrogen) atoms. The van der Waals surface area contributed by atoms with E-state index in [0.29, 0.717) is 35.7 Å². The second kappa shape index (κ2) is 8.33. The Morgan fingerprint density at radius 3 is 2.38 bits per heavy atom. The van der Waals surface area contributed by atoms with Gasteiger partial charge in [-0.3, -0.25) is 4.79 Å². The third kappa shape index (κ3) is 3.84. The smallest absolute Gasteiger partial charge is 0.150 e. The van der Waals surface area contributed by atoms with Crippen LogP contribution in [0.3, 0.4) is 0 Å². The number of aldehydes is 1. The molecule has 0 bridgehead atoms. The van der Waals surface area contributed by atoms with Crippen molar-refractivity contribution in [1.29, 1.82) is 0 Å². The van der Waals surface area contributed by atoms with E-state index in [4.69, 9.17) is 10.5 Å². The zero-order valence-electron chi connectivity index (χ0n) is 13.6. The number of nitrogen functional groups attached to an aromatic ring is 1. The molecule has 0 aromatic heterocycles. The standard InChI is InChI=1S/C18H22N2O4/c1-24-15-3-4-16(13(10-15)12-23)17-11-14(2-5-18(17)19)20(6-8-21)7-9-22/h2-5,10-12,21-22H,6-9,19H2,1H3. The molecular formula is C18H22N2O4. The topological polar surface area (TPSA) is 96.0 Å². The maximum absolute atomic E-state index is 11.4. The van der Waals surface area contributed by atoms with Crippen molar-refractivity contribution in [3.8, 4) is 16.9 Å². The molecule has 0 heterocycles. The average Bonchev–Trinajstić information content (AvgIpc) is 2.61. The largest absolute Gasteiger partial charge is 0.497 e. The summed E-state index contributed by atoms with van der Waals surface area (Å²) in [7, 11) is 1.54. The van der Waals surface area contributed by atoms with E-state index in [0.717, 1.165) is 17.5 Å². The van der Waals surface area contributed by atoms with Crippen molar-refractivity contribution in [2.45, 2.75) is 0 Å². The lowest BCUT2D eigenvalue weighted by Crippen LogP contribution is -2.29. The molecule has 0 aliphatic heterocycles. The Balaban J connectivity index is 2.50. The molecule has 0 spiro atoms. The highest BCUT2D eigenvalue weighted by molar-refractivity contribution is 5.92. The summed E-state index contributed by atoms with van der Waals surface area (Å²) in [4.78, 5) is 13.3. The quantitative estimate of drug-likeness (QED) is 0.502. The van der Waals surface area contributed by atoms with E-state index in [1.54, 1.807) is 31.4 Å². The summed E-state index contributed by atoms with van der Waals surface area (Å²) in [6, 6.07) is 10.7. The third-order valence-electron chi connectivity index (χ3n) is 3.82. The fourth-order valence-electron chi connectivity index (χ4n) is 2.60. The van der Waals surface area contributed by atoms with Crippen LogP contribution in [-0.4, -0.2) is 49.9 Å². The number of nitrogens with two attached hydrogens (primary N) is 1. The number of rotatable bonds is 8. The Labute approximate surface area is 141 Å². The Hall–Kier alpha value is -2.57. The van der Waals surface area contributed by atoms with E-state index in [2.05, 4.69) is 0 Å². The number of benzene rings is 2. The van der Waals surface area contributed by atoms with Gasteiger partial charge in [0.2, 0.25) is 0 Å². The number of hydrogen-bond donors (Lipinski definition) is 3. The number of nitrogens with zero attached hydrogens (tertiary/aromatic N) is 1. The lowest BCUT2D eigenvalue weighted by molar-refractivity contribution is 0.112. The molecule has 2 rings (SSSR count). The molecule has 0 atom stereocenters. The summed E-state index contributed by atoms with van der Waals surface area (Å²) in [6.07, 6.45) is 0.767. The van der Waals surface area contributed by atoms with Gasteiger partial charge in [0.05, 0.1) is 20.3 Å². The Morgan fingerprint density at radius 2 is 1.79 bits per heavy atom. The van der Waals surface area contributed by atoms with Gasteiger partial charge in [-0.25, -0.2) is 0 Å². The Bertz CT molecular complexity index is 697. The van der Waals surface area contributed by atoms with Crippen LogP contribution < -0.4 is 15.4 Å². The Kier molecular flexibility index (Phi) is 6.17. The summed E-state index contributed by atoms with van der Waals surface area (Å²) in [5.41, 5.74) is 9.36. The summed E-state index contributed by atoms with van der Waals surface area (Å²) in [5, 5.41) is 18.4. The molecule has 6 nitrogen and oxygen atoms in total. The molecule has 0 saturated heterocycles. The van der Waals surface area contributed by atoms with Crippen molar-refractivity contribution < 1.29 is 19.7 Å². The second-order valence-corrected chi connectivity index (χ2v) is 5.28. The molecule has 0 unspecified atom stereocenters. The predicted molar refractivity (Wildman–Crippen MR) is 94.6 cm³/mol. The fraction of sp³-hybridized carbons (Fsp3) is 0.278. The van der Waals surface area contributed by atoms with Crippen molar-refractivity contribution in [1.82, 2.24) is 0 Å². The van der Waals surface area contributed by atoms with E-state index in [1.165, 1.54) is 0 Å². The molecule has 0 aliphatic carbocycles. The van der Waals surface area contributed by atoms with Gasteiger partial charge >= 0.3 is 0 Å². The molecule has 0 amide bonds. The van der Waals surface area contributed by atoms with Crippen LogP contribution in [0.25, 0.3) is 11.1 Å². The minimum Gasteiger partial charge on any atom is -0.497 e. The highest BCUT2D eigenvalue weighted by Crippen LogP contribution is 2.33. The van der Waals surface area contributed by atoms with Crippen LogP contribution in [0.5, 0.6) is 5.75 Å². The molecule has 4 N–H and O–H groups in total. The number of carbonyl (C=O) groups excluding carboxylic acids is 1. The van der Waals surface area contributed by atoms with Crippen LogP contribution in [-0.2, 0) is 0 Å². The minimum absolute atomic E-state index is 0.0260. The first-order chi connectivity index (χ1) is 11.6. The van der Waals surface area contributed by atoms with E-state index >= 15 is 0 Å². The SMILES string of the molecule is COc1ccc(-c2cc(N(CCO)CCO)ccc2N)c(C=O)c1. The molecule has 128 valence electrons. The molecule has 2 aromatic carbocycles. The minimum atomic E-state index is -0.0260. The molecule has 2 aromatic rings. The zero-order valence-corrected chi connectivity index (χ0v) is 13.6. The molecule has 0 saturated carbocycles. The number of aliphatic hydroxyl groups excluding tert-OH is 2. The zero-order chi connectivity index (χ0) is 17.5. The van der Waals surface area contributed by atoms with Crippen molar-refractivity contribution in [3.63, 3.8) is 0 Å². The van der Waals surface area contributed by atoms with E-state index < -0.39 is 0 Å². The van der Waals surface area contributed by atoms with Gasteiger partial charge in [0, 0.05) is 35.6 Å². The summed E-state index contributed by atoms with van der Waals surface area (Å²) >= 11 is 0. The van der Waals surface area contributed by atoms with Gasteiger partial charge in [-0.15, -0.1) is 0 Å². The van der Waals surface area contributed by atoms with Crippen LogP contribution in [0.2, 0.25) is 0 Å². The van der Waals surface area contributed by atoms with Crippen LogP contribution in [0.1, 0.15) is 10.4 Å². The van der Waals surface area contributed by atoms with E-state index in [-0.39, 0.29) is 13.2 Å². The van der Waals surface area contributed by atoms with Gasteiger partial charge < -0.3 is 25.6 Å². The van der Waals surface area contributed by atoms with Gasteiger partial charge in [0.15, 0.2) is 6.29 Å². The predicted octanol–water partition coefficient (Wildman–Crippen LogP) is 1.55. The monoisotopic (exact) mass is 330 g/mol. The lowest BCUT2D eigenvalue weighted by Gasteiger charge is -2.24. The van der Waals surface area contributed by atoms with Crippen molar-refractivity contribution in [2.75, 3.05) is 44.0 Å². The number of hydrogen-bond acceptors (Lipinski definition) is 6. The number of ether oxygens (including phenoxy) is 1. The van der Waals surface area contributed by atoms with Gasteiger partial charge in [0.25, 0.3) is 0 Å². The molecule has 0 fully saturated rings. The van der Waals surface area contributed by atoms with Gasteiger partial charge in [-0.05, 0) is 42.0 Å². The first kappa shape index (κ1) is 17.8. The number of anilines is 2. The molecule has 0 aliphatic rings. The van der Waals surface area contributed by atoms with E-state index in [9.17, 15) is 15.0 Å². The van der Waals surface area contributed by atoms with Gasteiger partial charge in [-0.2, -0.15) is 0 Å². The maximum atomic E-state index is 11.4. The molecule has 0 radical (unpaired) electrons. The third-order valence-corrected chi connectivity index (χ3v) is 3.82. The Morgan fingerprint density at radius 1 is 1.08 bits per heavy atom. The highest BCUT2D eigenvalue weighted by Gasteiger charge is 2.13. The van der Waals surface area contributed by atoms with Crippen LogP contribution >= 0.6 is 0 Å².